The molecular weight excluding hydrogens is 204 g/mol. The minimum atomic E-state index is 0.347. The highest BCUT2D eigenvalue weighted by atomic mass is 16.5. The van der Waals surface area contributed by atoms with Crippen molar-refractivity contribution in [1.82, 2.24) is 9.97 Å². The number of ether oxygens (including phenoxy) is 1. The fourth-order valence-electron chi connectivity index (χ4n) is 1.76. The largest absolute Gasteiger partial charge is 0.381 e. The molecular formula is C11H14N4O. The standard InChI is InChI=1S/C11H14N4O/c12-6-10-11(14-4-3-13-10)15-7-9-2-1-5-16-8-9/h3-4,9H,1-2,5,7-8H2,(H,14,15). The molecule has 5 heteroatoms. The van der Waals surface area contributed by atoms with Gasteiger partial charge in [-0.3, -0.25) is 0 Å². The number of hydrogen-bond donors (Lipinski definition) is 1. The zero-order valence-corrected chi connectivity index (χ0v) is 9.02. The average Bonchev–Trinajstić information content (AvgIpc) is 2.38. The SMILES string of the molecule is N#Cc1nccnc1NCC1CCCOC1. The Morgan fingerprint density at radius 1 is 1.50 bits per heavy atom. The molecule has 1 N–H and O–H groups in total. The van der Waals surface area contributed by atoms with Crippen molar-refractivity contribution in [1.29, 1.82) is 5.26 Å². The molecule has 0 radical (unpaired) electrons. The van der Waals surface area contributed by atoms with E-state index < -0.39 is 0 Å². The second kappa shape index (κ2) is 5.42. The van der Waals surface area contributed by atoms with Gasteiger partial charge in [-0.25, -0.2) is 9.97 Å². The maximum absolute atomic E-state index is 8.84. The molecule has 1 aromatic rings. The van der Waals surface area contributed by atoms with Gasteiger partial charge >= 0.3 is 0 Å². The van der Waals surface area contributed by atoms with Crippen molar-refractivity contribution in [3.63, 3.8) is 0 Å². The average molecular weight is 218 g/mol. The lowest BCUT2D eigenvalue weighted by Gasteiger charge is -2.22. The van der Waals surface area contributed by atoms with Crippen LogP contribution in [0, 0.1) is 17.2 Å². The number of nitriles is 1. The van der Waals surface area contributed by atoms with E-state index >= 15 is 0 Å². The summed E-state index contributed by atoms with van der Waals surface area (Å²) in [6, 6.07) is 2.02. The number of anilines is 1. The van der Waals surface area contributed by atoms with Gasteiger partial charge in [0.05, 0.1) is 6.61 Å². The summed E-state index contributed by atoms with van der Waals surface area (Å²) in [6.45, 7) is 2.44. The van der Waals surface area contributed by atoms with Crippen LogP contribution >= 0.6 is 0 Å². The van der Waals surface area contributed by atoms with E-state index in [0.29, 0.717) is 17.4 Å². The molecule has 1 unspecified atom stereocenters. The number of hydrogen-bond acceptors (Lipinski definition) is 5. The molecule has 1 saturated heterocycles. The minimum Gasteiger partial charge on any atom is -0.381 e. The Balaban J connectivity index is 1.91. The Bertz CT molecular complexity index is 382. The normalized spacial score (nSPS) is 20.1. The van der Waals surface area contributed by atoms with Crippen molar-refractivity contribution < 1.29 is 4.74 Å². The first-order valence-corrected chi connectivity index (χ1v) is 5.43. The van der Waals surface area contributed by atoms with Crippen LogP contribution in [0.15, 0.2) is 12.4 Å². The maximum atomic E-state index is 8.84. The maximum Gasteiger partial charge on any atom is 0.182 e. The number of nitrogens with one attached hydrogen (secondary N) is 1. The van der Waals surface area contributed by atoms with Gasteiger partial charge in [0.15, 0.2) is 11.5 Å². The Kier molecular flexibility index (Phi) is 3.67. The summed E-state index contributed by atoms with van der Waals surface area (Å²) in [5.41, 5.74) is 0.347. The molecule has 1 aliphatic rings. The molecule has 1 aromatic heterocycles. The second-order valence-electron chi connectivity index (χ2n) is 3.83. The third-order valence-corrected chi connectivity index (χ3v) is 2.62. The van der Waals surface area contributed by atoms with Gasteiger partial charge < -0.3 is 10.1 Å². The van der Waals surface area contributed by atoms with E-state index in [1.807, 2.05) is 6.07 Å². The third-order valence-electron chi connectivity index (χ3n) is 2.62. The Hall–Kier alpha value is -1.67. The summed E-state index contributed by atoms with van der Waals surface area (Å²) >= 11 is 0. The van der Waals surface area contributed by atoms with Crippen LogP contribution in [0.1, 0.15) is 18.5 Å². The highest BCUT2D eigenvalue weighted by Crippen LogP contribution is 2.15. The Morgan fingerprint density at radius 3 is 3.12 bits per heavy atom. The Morgan fingerprint density at radius 2 is 2.38 bits per heavy atom. The van der Waals surface area contributed by atoms with E-state index in [2.05, 4.69) is 15.3 Å². The van der Waals surface area contributed by atoms with Gasteiger partial charge in [-0.1, -0.05) is 0 Å². The van der Waals surface area contributed by atoms with Gasteiger partial charge in [-0.2, -0.15) is 5.26 Å². The lowest BCUT2D eigenvalue weighted by atomic mass is 10.0. The van der Waals surface area contributed by atoms with Crippen molar-refractivity contribution in [3.05, 3.63) is 18.1 Å². The molecule has 0 aromatic carbocycles. The molecule has 0 spiro atoms. The molecule has 0 aliphatic carbocycles. The first-order chi connectivity index (χ1) is 7.90. The van der Waals surface area contributed by atoms with Crippen molar-refractivity contribution >= 4 is 5.82 Å². The first kappa shape index (κ1) is 10.8. The summed E-state index contributed by atoms with van der Waals surface area (Å²) in [7, 11) is 0. The van der Waals surface area contributed by atoms with Crippen LogP contribution in [0.5, 0.6) is 0 Å². The predicted molar refractivity (Wildman–Crippen MR) is 58.8 cm³/mol. The van der Waals surface area contributed by atoms with Gasteiger partial charge in [0, 0.05) is 25.5 Å². The number of rotatable bonds is 3. The molecule has 1 atom stereocenters. The predicted octanol–water partition coefficient (Wildman–Crippen LogP) is 1.19. The van der Waals surface area contributed by atoms with E-state index in [0.717, 1.165) is 32.6 Å². The minimum absolute atomic E-state index is 0.347. The molecule has 5 nitrogen and oxygen atoms in total. The van der Waals surface area contributed by atoms with Crippen molar-refractivity contribution in [2.45, 2.75) is 12.8 Å². The summed E-state index contributed by atoms with van der Waals surface area (Å²) < 4.78 is 5.39. The van der Waals surface area contributed by atoms with E-state index in [-0.39, 0.29) is 0 Å². The highest BCUT2D eigenvalue weighted by Gasteiger charge is 2.14. The molecule has 2 heterocycles. The fraction of sp³-hybridized carbons (Fsp3) is 0.545. The van der Waals surface area contributed by atoms with E-state index in [1.54, 1.807) is 6.20 Å². The third kappa shape index (κ3) is 2.67. The van der Waals surface area contributed by atoms with Crippen LogP contribution in [-0.4, -0.2) is 29.7 Å². The van der Waals surface area contributed by atoms with Gasteiger partial charge in [0.2, 0.25) is 0 Å². The van der Waals surface area contributed by atoms with Crippen LogP contribution in [0.4, 0.5) is 5.82 Å². The van der Waals surface area contributed by atoms with Gasteiger partial charge in [0.1, 0.15) is 6.07 Å². The number of nitrogens with zero attached hydrogens (tertiary/aromatic N) is 3. The summed E-state index contributed by atoms with van der Waals surface area (Å²) in [5, 5.41) is 12.0. The topological polar surface area (TPSA) is 70.8 Å². The molecule has 1 fully saturated rings. The van der Waals surface area contributed by atoms with Crippen LogP contribution in [0.25, 0.3) is 0 Å². The molecule has 0 saturated carbocycles. The number of aromatic nitrogens is 2. The van der Waals surface area contributed by atoms with E-state index in [4.69, 9.17) is 10.00 Å². The van der Waals surface area contributed by atoms with Crippen molar-refractivity contribution in [2.75, 3.05) is 25.1 Å². The lowest BCUT2D eigenvalue weighted by molar-refractivity contribution is 0.0595. The zero-order valence-electron chi connectivity index (χ0n) is 9.02. The van der Waals surface area contributed by atoms with Crippen molar-refractivity contribution in [3.8, 4) is 6.07 Å². The summed E-state index contributed by atoms with van der Waals surface area (Å²) in [5.74, 6) is 1.07. The molecule has 84 valence electrons. The summed E-state index contributed by atoms with van der Waals surface area (Å²) in [4.78, 5) is 8.04. The molecule has 1 aliphatic heterocycles. The van der Waals surface area contributed by atoms with Crippen LogP contribution in [0.3, 0.4) is 0 Å². The monoisotopic (exact) mass is 218 g/mol. The molecule has 0 bridgehead atoms. The zero-order chi connectivity index (χ0) is 11.2. The molecule has 2 rings (SSSR count). The molecule has 0 amide bonds. The van der Waals surface area contributed by atoms with E-state index in [9.17, 15) is 0 Å². The smallest absolute Gasteiger partial charge is 0.182 e. The van der Waals surface area contributed by atoms with Crippen LogP contribution in [0.2, 0.25) is 0 Å². The van der Waals surface area contributed by atoms with Crippen LogP contribution < -0.4 is 5.32 Å². The lowest BCUT2D eigenvalue weighted by Crippen LogP contribution is -2.24. The van der Waals surface area contributed by atoms with Crippen molar-refractivity contribution in [2.24, 2.45) is 5.92 Å². The quantitative estimate of drug-likeness (QED) is 0.825. The summed E-state index contributed by atoms with van der Waals surface area (Å²) in [6.07, 6.45) is 5.38. The highest BCUT2D eigenvalue weighted by molar-refractivity contribution is 5.46. The van der Waals surface area contributed by atoms with Gasteiger partial charge in [-0.15, -0.1) is 0 Å². The van der Waals surface area contributed by atoms with Crippen LogP contribution in [-0.2, 0) is 4.74 Å². The molecule has 16 heavy (non-hydrogen) atoms. The first-order valence-electron chi connectivity index (χ1n) is 5.43. The Labute approximate surface area is 94.5 Å². The van der Waals surface area contributed by atoms with E-state index in [1.165, 1.54) is 6.20 Å². The van der Waals surface area contributed by atoms with Gasteiger partial charge in [-0.05, 0) is 18.8 Å². The fourth-order valence-corrected chi connectivity index (χ4v) is 1.76. The second-order valence-corrected chi connectivity index (χ2v) is 3.83. The van der Waals surface area contributed by atoms with Gasteiger partial charge in [0.25, 0.3) is 0 Å².